The van der Waals surface area contributed by atoms with Crippen LogP contribution in [0.2, 0.25) is 0 Å². The Labute approximate surface area is 144 Å². The molecule has 0 amide bonds. The van der Waals surface area contributed by atoms with Gasteiger partial charge in [0.05, 0.1) is 0 Å². The SMILES string of the molecule is CC(=O)[C@@H]1CC[C@@]2(C)[C@@H](CC(=O)[C@@H]3[C@@H]2CC[C@]2(C)C(=O)CC[C@@H]32)C1. The second-order valence-electron chi connectivity index (χ2n) is 9.61. The molecule has 0 aromatic carbocycles. The maximum Gasteiger partial charge on any atom is 0.139 e. The summed E-state index contributed by atoms with van der Waals surface area (Å²) in [7, 11) is 0. The van der Waals surface area contributed by atoms with E-state index in [1.165, 1.54) is 0 Å². The zero-order valence-electron chi connectivity index (χ0n) is 15.3. The highest BCUT2D eigenvalue weighted by atomic mass is 16.1. The highest BCUT2D eigenvalue weighted by Gasteiger charge is 2.62. The molecule has 0 spiro atoms. The van der Waals surface area contributed by atoms with Crippen LogP contribution in [0.5, 0.6) is 0 Å². The second kappa shape index (κ2) is 5.25. The van der Waals surface area contributed by atoms with E-state index in [9.17, 15) is 14.4 Å². The lowest BCUT2D eigenvalue weighted by Crippen LogP contribution is -2.57. The quantitative estimate of drug-likeness (QED) is 0.730. The van der Waals surface area contributed by atoms with Crippen LogP contribution in [0.4, 0.5) is 0 Å². The molecule has 132 valence electrons. The lowest BCUT2D eigenvalue weighted by molar-refractivity contribution is -0.159. The van der Waals surface area contributed by atoms with E-state index in [0.29, 0.717) is 42.0 Å². The van der Waals surface area contributed by atoms with Gasteiger partial charge in [0.1, 0.15) is 17.3 Å². The average molecular weight is 330 g/mol. The van der Waals surface area contributed by atoms with Crippen LogP contribution in [0.25, 0.3) is 0 Å². The fourth-order valence-electron chi connectivity index (χ4n) is 7.07. The molecule has 0 saturated heterocycles. The Morgan fingerprint density at radius 3 is 2.50 bits per heavy atom. The Bertz CT molecular complexity index is 608. The van der Waals surface area contributed by atoms with Crippen molar-refractivity contribution in [1.29, 1.82) is 0 Å². The number of fused-ring (bicyclic) bond motifs is 5. The molecule has 0 N–H and O–H groups in total. The number of carbonyl (C=O) groups is 3. The first-order valence-electron chi connectivity index (χ1n) is 9.84. The number of rotatable bonds is 1. The van der Waals surface area contributed by atoms with Crippen molar-refractivity contribution in [2.45, 2.75) is 72.1 Å². The Kier molecular flexibility index (Phi) is 3.61. The monoisotopic (exact) mass is 330 g/mol. The van der Waals surface area contributed by atoms with E-state index in [-0.39, 0.29) is 28.6 Å². The molecular weight excluding hydrogens is 300 g/mol. The van der Waals surface area contributed by atoms with Gasteiger partial charge >= 0.3 is 0 Å². The van der Waals surface area contributed by atoms with E-state index in [4.69, 9.17) is 0 Å². The molecule has 0 bridgehead atoms. The summed E-state index contributed by atoms with van der Waals surface area (Å²) in [6.07, 6.45) is 7.18. The fraction of sp³-hybridized carbons (Fsp3) is 0.857. The first-order valence-corrected chi connectivity index (χ1v) is 9.84. The zero-order valence-corrected chi connectivity index (χ0v) is 15.3. The van der Waals surface area contributed by atoms with Gasteiger partial charge in [-0.15, -0.1) is 0 Å². The molecule has 0 heterocycles. The maximum absolute atomic E-state index is 13.1. The van der Waals surface area contributed by atoms with Gasteiger partial charge in [-0.3, -0.25) is 14.4 Å². The highest BCUT2D eigenvalue weighted by molar-refractivity contribution is 5.90. The Morgan fingerprint density at radius 1 is 1.04 bits per heavy atom. The predicted molar refractivity (Wildman–Crippen MR) is 91.3 cm³/mol. The lowest BCUT2D eigenvalue weighted by atomic mass is 9.44. The lowest BCUT2D eigenvalue weighted by Gasteiger charge is -2.59. The molecule has 4 fully saturated rings. The summed E-state index contributed by atoms with van der Waals surface area (Å²) in [4.78, 5) is 37.4. The summed E-state index contributed by atoms with van der Waals surface area (Å²) in [5.74, 6) is 2.43. The Hall–Kier alpha value is -0.990. The van der Waals surface area contributed by atoms with Crippen LogP contribution in [0.3, 0.4) is 0 Å². The molecule has 4 aliphatic carbocycles. The summed E-state index contributed by atoms with van der Waals surface area (Å²) in [6, 6.07) is 0. The molecule has 0 radical (unpaired) electrons. The van der Waals surface area contributed by atoms with E-state index < -0.39 is 0 Å². The smallest absolute Gasteiger partial charge is 0.139 e. The molecule has 4 aliphatic rings. The van der Waals surface area contributed by atoms with Crippen LogP contribution in [-0.4, -0.2) is 17.3 Å². The zero-order chi connectivity index (χ0) is 17.3. The maximum atomic E-state index is 13.1. The molecule has 24 heavy (non-hydrogen) atoms. The summed E-state index contributed by atoms with van der Waals surface area (Å²) in [5, 5.41) is 0. The van der Waals surface area contributed by atoms with Crippen molar-refractivity contribution in [3.8, 4) is 0 Å². The molecule has 0 unspecified atom stereocenters. The van der Waals surface area contributed by atoms with Gasteiger partial charge in [-0.25, -0.2) is 0 Å². The van der Waals surface area contributed by atoms with Crippen LogP contribution < -0.4 is 0 Å². The topological polar surface area (TPSA) is 51.2 Å². The van der Waals surface area contributed by atoms with Gasteiger partial charge < -0.3 is 0 Å². The van der Waals surface area contributed by atoms with E-state index in [1.807, 2.05) is 0 Å². The van der Waals surface area contributed by atoms with Crippen LogP contribution in [0.15, 0.2) is 0 Å². The third-order valence-corrected chi connectivity index (χ3v) is 8.75. The van der Waals surface area contributed by atoms with Gasteiger partial charge in [0, 0.05) is 30.1 Å². The van der Waals surface area contributed by atoms with Crippen molar-refractivity contribution in [3.63, 3.8) is 0 Å². The van der Waals surface area contributed by atoms with Crippen LogP contribution in [-0.2, 0) is 14.4 Å². The minimum atomic E-state index is -0.239. The largest absolute Gasteiger partial charge is 0.300 e. The number of hydrogen-bond acceptors (Lipinski definition) is 3. The molecule has 0 aliphatic heterocycles. The second-order valence-corrected chi connectivity index (χ2v) is 9.61. The first-order chi connectivity index (χ1) is 11.3. The molecular formula is C21H30O3. The minimum Gasteiger partial charge on any atom is -0.300 e. The molecule has 4 rings (SSSR count). The highest BCUT2D eigenvalue weighted by Crippen LogP contribution is 2.64. The number of hydrogen-bond donors (Lipinski definition) is 0. The first kappa shape index (κ1) is 16.5. The number of carbonyl (C=O) groups excluding carboxylic acids is 3. The van der Waals surface area contributed by atoms with Crippen molar-refractivity contribution in [3.05, 3.63) is 0 Å². The number of ketones is 3. The minimum absolute atomic E-state index is 0.102. The normalized spacial score (nSPS) is 50.9. The standard InChI is InChI=1S/C21H30O3/c1-12(22)13-6-8-20(2)14(10-13)11-17(23)19-15-4-5-18(24)21(15,3)9-7-16(19)20/h13-16,19H,4-11H2,1-3H3/t13-,14-,15+,16+,19+,20+,21+/m1/s1. The van der Waals surface area contributed by atoms with E-state index in [0.717, 1.165) is 38.5 Å². The van der Waals surface area contributed by atoms with Gasteiger partial charge in [-0.1, -0.05) is 13.8 Å². The van der Waals surface area contributed by atoms with Crippen molar-refractivity contribution >= 4 is 17.3 Å². The summed E-state index contributed by atoms with van der Waals surface area (Å²) < 4.78 is 0. The van der Waals surface area contributed by atoms with Gasteiger partial charge in [-0.2, -0.15) is 0 Å². The van der Waals surface area contributed by atoms with Crippen molar-refractivity contribution in [1.82, 2.24) is 0 Å². The van der Waals surface area contributed by atoms with E-state index in [1.54, 1.807) is 6.92 Å². The van der Waals surface area contributed by atoms with Gasteiger partial charge in [0.25, 0.3) is 0 Å². The van der Waals surface area contributed by atoms with Gasteiger partial charge in [0.2, 0.25) is 0 Å². The van der Waals surface area contributed by atoms with Gasteiger partial charge in [-0.05, 0) is 68.6 Å². The third kappa shape index (κ3) is 2.05. The van der Waals surface area contributed by atoms with Crippen LogP contribution in [0, 0.1) is 40.4 Å². The molecule has 3 heteroatoms. The molecule has 7 atom stereocenters. The third-order valence-electron chi connectivity index (χ3n) is 8.75. The molecule has 4 saturated carbocycles. The fourth-order valence-corrected chi connectivity index (χ4v) is 7.07. The van der Waals surface area contributed by atoms with Crippen LogP contribution in [0.1, 0.15) is 72.1 Å². The number of Topliss-reactive ketones (excluding diaryl/α,β-unsaturated/α-hetero) is 3. The average Bonchev–Trinajstić information content (AvgIpc) is 2.83. The summed E-state index contributed by atoms with van der Waals surface area (Å²) in [5.41, 5.74) is -0.0475. The predicted octanol–water partition coefficient (Wildman–Crippen LogP) is 3.98. The van der Waals surface area contributed by atoms with Crippen molar-refractivity contribution < 1.29 is 14.4 Å². The van der Waals surface area contributed by atoms with Crippen molar-refractivity contribution in [2.75, 3.05) is 0 Å². The summed E-state index contributed by atoms with van der Waals surface area (Å²) >= 11 is 0. The molecule has 3 nitrogen and oxygen atoms in total. The van der Waals surface area contributed by atoms with E-state index >= 15 is 0 Å². The van der Waals surface area contributed by atoms with Crippen molar-refractivity contribution in [2.24, 2.45) is 40.4 Å². The molecule has 0 aromatic heterocycles. The summed E-state index contributed by atoms with van der Waals surface area (Å²) in [6.45, 7) is 6.21. The Morgan fingerprint density at radius 2 is 1.79 bits per heavy atom. The van der Waals surface area contributed by atoms with Gasteiger partial charge in [0.15, 0.2) is 0 Å². The van der Waals surface area contributed by atoms with Crippen LogP contribution >= 0.6 is 0 Å². The van der Waals surface area contributed by atoms with E-state index in [2.05, 4.69) is 13.8 Å². The molecule has 0 aromatic rings. The Balaban J connectivity index is 1.66.